The van der Waals surface area contributed by atoms with Crippen LogP contribution >= 0.6 is 0 Å². The standard InChI is InChI=1S/C30H26N6O2/c31-18-21(30-33-26-6-2-3-7-27(26)34-30)17-22-19-36(28-8-4-1-5-25(22)28)20-29(37)32-23-9-11-24(12-10-23)35-13-15-38-16-14-35/h1-12,17,19H,13-16,20H2,(H,32,37)(H,33,34). The van der Waals surface area contributed by atoms with Crippen LogP contribution in [0.3, 0.4) is 0 Å². The number of H-pyrrole nitrogens is 1. The number of ether oxygens (including phenoxy) is 1. The molecule has 0 bridgehead atoms. The van der Waals surface area contributed by atoms with E-state index in [0.717, 1.165) is 65.2 Å². The molecule has 0 unspecified atom stereocenters. The maximum atomic E-state index is 13.0. The highest BCUT2D eigenvalue weighted by Gasteiger charge is 2.14. The fourth-order valence-electron chi connectivity index (χ4n) is 4.84. The zero-order valence-corrected chi connectivity index (χ0v) is 20.7. The van der Waals surface area contributed by atoms with E-state index in [-0.39, 0.29) is 12.5 Å². The van der Waals surface area contributed by atoms with Crippen molar-refractivity contribution in [2.45, 2.75) is 6.54 Å². The summed E-state index contributed by atoms with van der Waals surface area (Å²) >= 11 is 0. The number of morpholine rings is 1. The summed E-state index contributed by atoms with van der Waals surface area (Å²) in [5.74, 6) is 0.391. The van der Waals surface area contributed by atoms with Gasteiger partial charge in [-0.15, -0.1) is 0 Å². The summed E-state index contributed by atoms with van der Waals surface area (Å²) in [5.41, 5.74) is 5.74. The molecule has 0 aliphatic carbocycles. The fourth-order valence-corrected chi connectivity index (χ4v) is 4.84. The zero-order chi connectivity index (χ0) is 25.9. The van der Waals surface area contributed by atoms with Crippen molar-refractivity contribution in [2.75, 3.05) is 36.5 Å². The number of nitrogens with one attached hydrogen (secondary N) is 2. The highest BCUT2D eigenvalue weighted by molar-refractivity contribution is 5.99. The normalized spacial score (nSPS) is 14.1. The molecule has 2 N–H and O–H groups in total. The molecule has 1 aliphatic rings. The third-order valence-corrected chi connectivity index (χ3v) is 6.73. The third kappa shape index (κ3) is 4.75. The number of aromatic amines is 1. The lowest BCUT2D eigenvalue weighted by molar-refractivity contribution is -0.116. The Kier molecular flexibility index (Phi) is 6.34. The van der Waals surface area contributed by atoms with Crippen molar-refractivity contribution in [1.82, 2.24) is 14.5 Å². The SMILES string of the molecule is N#CC(=Cc1cn(CC(=O)Nc2ccc(N3CCOCC3)cc2)c2ccccc12)c1nc2ccccc2[nH]1. The van der Waals surface area contributed by atoms with Crippen molar-refractivity contribution in [3.05, 3.63) is 90.4 Å². The van der Waals surface area contributed by atoms with Crippen LogP contribution in [-0.2, 0) is 16.1 Å². The van der Waals surface area contributed by atoms with E-state index in [1.807, 2.05) is 89.6 Å². The van der Waals surface area contributed by atoms with E-state index in [9.17, 15) is 10.1 Å². The Bertz CT molecular complexity index is 1650. The minimum Gasteiger partial charge on any atom is -0.378 e. The van der Waals surface area contributed by atoms with Crippen LogP contribution in [0.2, 0.25) is 0 Å². The number of fused-ring (bicyclic) bond motifs is 2. The molecule has 5 aromatic rings. The molecule has 1 aliphatic heterocycles. The van der Waals surface area contributed by atoms with Crippen molar-refractivity contribution in [2.24, 2.45) is 0 Å². The molecule has 8 heteroatoms. The predicted octanol–water partition coefficient (Wildman–Crippen LogP) is 5.06. The van der Waals surface area contributed by atoms with Crippen molar-refractivity contribution in [3.8, 4) is 6.07 Å². The van der Waals surface area contributed by atoms with Crippen LogP contribution in [0.1, 0.15) is 11.4 Å². The Balaban J connectivity index is 1.23. The summed E-state index contributed by atoms with van der Waals surface area (Å²) in [4.78, 5) is 23.0. The van der Waals surface area contributed by atoms with Crippen LogP contribution in [-0.4, -0.2) is 46.7 Å². The third-order valence-electron chi connectivity index (χ3n) is 6.73. The predicted molar refractivity (Wildman–Crippen MR) is 150 cm³/mol. The van der Waals surface area contributed by atoms with E-state index in [1.54, 1.807) is 0 Å². The van der Waals surface area contributed by atoms with Crippen molar-refractivity contribution in [3.63, 3.8) is 0 Å². The van der Waals surface area contributed by atoms with Crippen LogP contribution in [0.15, 0.2) is 79.0 Å². The molecule has 1 amide bonds. The molecule has 0 atom stereocenters. The first kappa shape index (κ1) is 23.5. The summed E-state index contributed by atoms with van der Waals surface area (Å²) < 4.78 is 7.33. The number of nitriles is 1. The maximum Gasteiger partial charge on any atom is 0.244 e. The first-order valence-corrected chi connectivity index (χ1v) is 12.6. The molecule has 38 heavy (non-hydrogen) atoms. The second-order valence-corrected chi connectivity index (χ2v) is 9.20. The molecule has 0 radical (unpaired) electrons. The van der Waals surface area contributed by atoms with Crippen LogP contribution in [0.5, 0.6) is 0 Å². The lowest BCUT2D eigenvalue weighted by Crippen LogP contribution is -2.36. The minimum absolute atomic E-state index is 0.127. The molecule has 1 saturated heterocycles. The summed E-state index contributed by atoms with van der Waals surface area (Å²) in [6, 6.07) is 25.7. The molecule has 3 aromatic carbocycles. The number of anilines is 2. The Morgan fingerprint density at radius 2 is 1.82 bits per heavy atom. The Morgan fingerprint density at radius 1 is 1.05 bits per heavy atom. The summed E-state index contributed by atoms with van der Waals surface area (Å²) in [7, 11) is 0. The van der Waals surface area contributed by atoms with Gasteiger partial charge in [0.05, 0.1) is 29.8 Å². The van der Waals surface area contributed by atoms with E-state index in [0.29, 0.717) is 11.4 Å². The van der Waals surface area contributed by atoms with Gasteiger partial charge in [-0.3, -0.25) is 4.79 Å². The minimum atomic E-state index is -0.127. The lowest BCUT2D eigenvalue weighted by Gasteiger charge is -2.28. The van der Waals surface area contributed by atoms with E-state index in [2.05, 4.69) is 26.3 Å². The average molecular weight is 503 g/mol. The van der Waals surface area contributed by atoms with Gasteiger partial charge in [0.2, 0.25) is 5.91 Å². The van der Waals surface area contributed by atoms with Gasteiger partial charge >= 0.3 is 0 Å². The fraction of sp³-hybridized carbons (Fsp3) is 0.167. The van der Waals surface area contributed by atoms with Crippen LogP contribution < -0.4 is 10.2 Å². The van der Waals surface area contributed by atoms with Crippen LogP contribution in [0.25, 0.3) is 33.6 Å². The first-order chi connectivity index (χ1) is 18.7. The number of imidazole rings is 1. The summed E-state index contributed by atoms with van der Waals surface area (Å²) in [5, 5.41) is 13.9. The Morgan fingerprint density at radius 3 is 2.61 bits per heavy atom. The van der Waals surface area contributed by atoms with Crippen molar-refractivity contribution < 1.29 is 9.53 Å². The molecule has 2 aromatic heterocycles. The number of nitrogens with zero attached hydrogens (tertiary/aromatic N) is 4. The number of benzene rings is 3. The molecule has 8 nitrogen and oxygen atoms in total. The lowest BCUT2D eigenvalue weighted by atomic mass is 10.1. The second kappa shape index (κ2) is 10.2. The molecule has 3 heterocycles. The molecule has 0 saturated carbocycles. The van der Waals surface area contributed by atoms with Crippen LogP contribution in [0.4, 0.5) is 11.4 Å². The molecule has 1 fully saturated rings. The molecule has 188 valence electrons. The average Bonchev–Trinajstić information content (AvgIpc) is 3.54. The summed E-state index contributed by atoms with van der Waals surface area (Å²) in [6.45, 7) is 3.34. The second-order valence-electron chi connectivity index (χ2n) is 9.20. The quantitative estimate of drug-likeness (QED) is 0.316. The highest BCUT2D eigenvalue weighted by Crippen LogP contribution is 2.27. The Hall–Kier alpha value is -4.87. The largest absolute Gasteiger partial charge is 0.378 e. The van der Waals surface area contributed by atoms with Crippen molar-refractivity contribution >= 4 is 50.9 Å². The first-order valence-electron chi connectivity index (χ1n) is 12.6. The van der Waals surface area contributed by atoms with Gasteiger partial charge in [-0.05, 0) is 48.5 Å². The van der Waals surface area contributed by atoms with Gasteiger partial charge in [-0.2, -0.15) is 5.26 Å². The number of para-hydroxylation sites is 3. The van der Waals surface area contributed by atoms with Gasteiger partial charge in [0, 0.05) is 47.1 Å². The van der Waals surface area contributed by atoms with Gasteiger partial charge in [0.15, 0.2) is 0 Å². The number of amides is 1. The number of allylic oxidation sites excluding steroid dienone is 1. The smallest absolute Gasteiger partial charge is 0.244 e. The molecule has 0 spiro atoms. The Labute approximate surface area is 219 Å². The van der Waals surface area contributed by atoms with E-state index >= 15 is 0 Å². The monoisotopic (exact) mass is 502 g/mol. The van der Waals surface area contributed by atoms with Gasteiger partial charge in [-0.25, -0.2) is 4.98 Å². The van der Waals surface area contributed by atoms with E-state index < -0.39 is 0 Å². The van der Waals surface area contributed by atoms with Gasteiger partial charge in [0.1, 0.15) is 18.4 Å². The molecular weight excluding hydrogens is 476 g/mol. The van der Waals surface area contributed by atoms with Crippen LogP contribution in [0, 0.1) is 11.3 Å². The number of carbonyl (C=O) groups is 1. The van der Waals surface area contributed by atoms with Gasteiger partial charge < -0.3 is 24.5 Å². The number of carbonyl (C=O) groups excluding carboxylic acids is 1. The number of aromatic nitrogens is 3. The van der Waals surface area contributed by atoms with E-state index in [4.69, 9.17) is 4.74 Å². The topological polar surface area (TPSA) is 99.0 Å². The number of rotatable bonds is 6. The number of hydrogen-bond acceptors (Lipinski definition) is 5. The zero-order valence-electron chi connectivity index (χ0n) is 20.7. The highest BCUT2D eigenvalue weighted by atomic mass is 16.5. The summed E-state index contributed by atoms with van der Waals surface area (Å²) in [6.07, 6.45) is 3.73. The molecule has 6 rings (SSSR count). The van der Waals surface area contributed by atoms with Gasteiger partial charge in [-0.1, -0.05) is 30.3 Å². The van der Waals surface area contributed by atoms with Gasteiger partial charge in [0.25, 0.3) is 0 Å². The molecular formula is C30H26N6O2. The van der Waals surface area contributed by atoms with E-state index in [1.165, 1.54) is 0 Å². The van der Waals surface area contributed by atoms with Crippen molar-refractivity contribution in [1.29, 1.82) is 5.26 Å². The number of hydrogen-bond donors (Lipinski definition) is 2. The maximum absolute atomic E-state index is 13.0.